The molecule has 452 valence electrons. The first-order valence-electron chi connectivity index (χ1n) is 28.4. The first-order valence-corrected chi connectivity index (χ1v) is 31.5. The molecule has 0 radical (unpaired) electrons. The second-order valence-electron chi connectivity index (χ2n) is 21.3. The Morgan fingerprint density at radius 2 is 1.41 bits per heavy atom. The molecular weight excluding hydrogens is 1160 g/mol. The number of aromatic hydroxyl groups is 2. The van der Waals surface area contributed by atoms with Gasteiger partial charge in [-0.15, -0.1) is 0 Å². The number of unbranched alkanes of at least 4 members (excludes halogenated alkanes) is 3. The van der Waals surface area contributed by atoms with Gasteiger partial charge in [0.15, 0.2) is 22.7 Å². The summed E-state index contributed by atoms with van der Waals surface area (Å²) in [4.78, 5) is 65.7. The average molecular weight is 1230 g/mol. The Morgan fingerprint density at radius 1 is 0.779 bits per heavy atom. The van der Waals surface area contributed by atoms with Crippen LogP contribution in [0.5, 0.6) is 17.2 Å². The molecule has 9 rings (SSSR count). The Kier molecular flexibility index (Phi) is 21.0. The number of aliphatic hydroxyl groups is 3. The van der Waals surface area contributed by atoms with Gasteiger partial charge in [0.05, 0.1) is 42.6 Å². The number of ketones is 3. The molecular formula is C64H68Cl2N5O14P. The minimum atomic E-state index is -2.36. The zero-order chi connectivity index (χ0) is 61.1. The third-order valence-electron chi connectivity index (χ3n) is 15.9. The van der Waals surface area contributed by atoms with E-state index >= 15 is 0 Å². The number of rotatable bonds is 26. The number of anilines is 1. The van der Waals surface area contributed by atoms with Crippen LogP contribution in [0.3, 0.4) is 0 Å². The Morgan fingerprint density at radius 3 is 2.01 bits per heavy atom. The molecule has 2 unspecified atom stereocenters. The van der Waals surface area contributed by atoms with Gasteiger partial charge in [-0.25, -0.2) is 4.79 Å². The number of alkyl carbamates (subject to hydrolysis) is 1. The number of aromatic nitrogens is 3. The fourth-order valence-corrected chi connectivity index (χ4v) is 16.6. The third kappa shape index (κ3) is 14.0. The van der Waals surface area contributed by atoms with Crippen molar-refractivity contribution in [2.45, 2.75) is 106 Å². The van der Waals surface area contributed by atoms with Crippen molar-refractivity contribution in [2.75, 3.05) is 31.8 Å². The number of carbonyl (C=O) groups excluding carboxylic acids is 5. The summed E-state index contributed by atoms with van der Waals surface area (Å²) in [6.07, 6.45) is -1.63. The van der Waals surface area contributed by atoms with Gasteiger partial charge < -0.3 is 50.4 Å². The molecule has 1 aliphatic heterocycles. The fraction of sp³-hybridized carbons (Fsp3) is 0.328. The van der Waals surface area contributed by atoms with Gasteiger partial charge in [-0.1, -0.05) is 47.5 Å². The molecule has 19 nitrogen and oxygen atoms in total. The summed E-state index contributed by atoms with van der Waals surface area (Å²) in [7, 11) is -1.07. The smallest absolute Gasteiger partial charge is 0.507 e. The van der Waals surface area contributed by atoms with Crippen molar-refractivity contribution in [2.24, 2.45) is 0 Å². The predicted octanol–water partition coefficient (Wildman–Crippen LogP) is 7.62. The number of aryl methyl sites for hydroxylation is 1. The van der Waals surface area contributed by atoms with Crippen LogP contribution in [0.15, 0.2) is 140 Å². The van der Waals surface area contributed by atoms with Gasteiger partial charge in [0.2, 0.25) is 5.78 Å². The summed E-state index contributed by atoms with van der Waals surface area (Å²) >= 11 is 11.6. The summed E-state index contributed by atoms with van der Waals surface area (Å²) in [6.45, 7) is 0.332. The molecule has 2 amide bonds. The molecule has 0 bridgehead atoms. The molecule has 7 aromatic rings. The number of hydrogen-bond acceptors (Lipinski definition) is 16. The Balaban J connectivity index is 0.889. The summed E-state index contributed by atoms with van der Waals surface area (Å²) in [5, 5.41) is 74.1. The molecule has 1 aliphatic carbocycles. The zero-order valence-electron chi connectivity index (χ0n) is 47.3. The molecule has 0 spiro atoms. The molecule has 1 aromatic heterocycles. The number of hydrogen-bond donors (Lipinski definition) is 7. The molecule has 0 saturated carbocycles. The number of methoxy groups -OCH3 is 1. The van der Waals surface area contributed by atoms with Crippen molar-refractivity contribution < 1.29 is 68.5 Å². The SMILES string of the molecule is COc1cccc2c1C(=O)c1c(O)c([C@H](CO)OC3C[C@H](NC(=O)OC(Cc4cn(CCCCCC[PH](c5ccccc5)(c5ccccc5)c5ccccc5)nn4)c4ccc(NC(=O)C(Cl)Cl)cc4)[C@H](O)[C@H](C)O3)c(CCC(=O)CO)c(O)c1C2=O. The van der Waals surface area contributed by atoms with E-state index < -0.39 is 114 Å². The number of carbonyl (C=O) groups is 5. The Labute approximate surface area is 507 Å². The van der Waals surface area contributed by atoms with E-state index in [1.165, 1.54) is 48.1 Å². The van der Waals surface area contributed by atoms with Crippen LogP contribution in [0.4, 0.5) is 10.5 Å². The number of benzene rings is 6. The van der Waals surface area contributed by atoms with Gasteiger partial charge in [0, 0.05) is 35.2 Å². The van der Waals surface area contributed by atoms with Crippen LogP contribution in [-0.2, 0) is 43.2 Å². The van der Waals surface area contributed by atoms with E-state index in [2.05, 4.69) is 112 Å². The standard InChI is InChI=1S/C64H68Cl2N5O14P/c1-38-57(75)48(34-52(83-38)84-51(37-73)54-47(30-29-42(74)36-72)59(77)55-56(61(54)79)60(78)53-46(58(55)76)23-16-24-49(53)82-2)68-64(81)85-50(39-25-27-40(28-26-39)67-63(80)62(65)66)33-41-35-71(70-69-41)31-14-3-4-15-32-86(43-17-8-5-9-18-43,44-19-10-6-11-20-44)45-21-12-7-13-22-45/h5-13,16-28,35,38,48,50-52,57,62,72-73,75,77,79,86H,3-4,14-15,29-34,36-37H2,1-2H3,(H,67,80)(H,68,81)/t38-,48-,50?,51-,52?,57+/m0/s1. The first kappa shape index (κ1) is 62.9. The number of alkyl halides is 2. The number of ether oxygens (including phenoxy) is 4. The Hall–Kier alpha value is -7.58. The number of phenols is 2. The normalized spacial score (nSPS) is 17.5. The number of halogens is 2. The quantitative estimate of drug-likeness (QED) is 0.0119. The topological polar surface area (TPSA) is 278 Å². The van der Waals surface area contributed by atoms with Gasteiger partial charge in [-0.3, -0.25) is 19.2 Å². The van der Waals surface area contributed by atoms with E-state index in [0.29, 0.717) is 23.5 Å². The average Bonchev–Trinajstić information content (AvgIpc) is 0.818. The van der Waals surface area contributed by atoms with Crippen molar-refractivity contribution in [3.63, 3.8) is 0 Å². The van der Waals surface area contributed by atoms with E-state index in [-0.39, 0.29) is 53.7 Å². The zero-order valence-corrected chi connectivity index (χ0v) is 49.8. The number of fused-ring (bicyclic) bond motifs is 2. The van der Waals surface area contributed by atoms with Crippen LogP contribution in [0, 0.1) is 0 Å². The van der Waals surface area contributed by atoms with Crippen molar-refractivity contribution >= 4 is 81.4 Å². The number of phenolic OH excluding ortho intramolecular Hbond substituents is 2. The van der Waals surface area contributed by atoms with E-state index in [1.54, 1.807) is 35.1 Å². The maximum absolute atomic E-state index is 14.2. The molecule has 1 saturated heterocycles. The second-order valence-corrected chi connectivity index (χ2v) is 26.4. The molecule has 6 atom stereocenters. The molecule has 1 fully saturated rings. The number of aliphatic hydroxyl groups excluding tert-OH is 3. The van der Waals surface area contributed by atoms with E-state index in [1.807, 2.05) is 0 Å². The van der Waals surface area contributed by atoms with Crippen molar-refractivity contribution in [3.8, 4) is 17.2 Å². The van der Waals surface area contributed by atoms with Gasteiger partial charge in [0.25, 0.3) is 5.91 Å². The molecule has 2 aliphatic rings. The number of nitrogens with one attached hydrogen (secondary N) is 2. The van der Waals surface area contributed by atoms with E-state index in [9.17, 15) is 49.5 Å². The minimum absolute atomic E-state index is 0.0225. The van der Waals surface area contributed by atoms with Crippen LogP contribution >= 0.6 is 30.5 Å². The molecule has 2 heterocycles. The van der Waals surface area contributed by atoms with Gasteiger partial charge in [-0.05, 0) is 31.5 Å². The van der Waals surface area contributed by atoms with Crippen LogP contribution in [0.2, 0.25) is 0 Å². The molecule has 86 heavy (non-hydrogen) atoms. The number of Topliss-reactive ketones (excluding diaryl/α,β-unsaturated/α-hetero) is 1. The molecule has 6 aromatic carbocycles. The summed E-state index contributed by atoms with van der Waals surface area (Å²) < 4.78 is 25.5. The van der Waals surface area contributed by atoms with Crippen molar-refractivity contribution in [1.29, 1.82) is 0 Å². The molecule has 7 N–H and O–H groups in total. The maximum atomic E-state index is 14.2. The van der Waals surface area contributed by atoms with Crippen molar-refractivity contribution in [3.05, 3.63) is 184 Å². The van der Waals surface area contributed by atoms with Gasteiger partial charge >= 0.3 is 208 Å². The van der Waals surface area contributed by atoms with E-state index in [0.717, 1.165) is 31.8 Å². The number of nitrogens with zero attached hydrogens (tertiary/aromatic N) is 3. The van der Waals surface area contributed by atoms with Crippen LogP contribution in [-0.4, -0.2) is 126 Å². The third-order valence-corrected chi connectivity index (χ3v) is 21.3. The summed E-state index contributed by atoms with van der Waals surface area (Å²) in [5.41, 5.74) is -0.604. The fourth-order valence-electron chi connectivity index (χ4n) is 11.6. The summed E-state index contributed by atoms with van der Waals surface area (Å²) in [5.74, 6) is -4.55. The van der Waals surface area contributed by atoms with Crippen LogP contribution < -0.4 is 31.3 Å². The van der Waals surface area contributed by atoms with E-state index in [4.69, 9.17) is 42.1 Å². The number of amides is 2. The molecule has 22 heteroatoms. The van der Waals surface area contributed by atoms with Gasteiger partial charge in [-0.2, -0.15) is 0 Å². The monoisotopic (exact) mass is 1230 g/mol. The Bertz CT molecular complexity index is 3430. The van der Waals surface area contributed by atoms with Crippen LogP contribution in [0.1, 0.15) is 112 Å². The van der Waals surface area contributed by atoms with Crippen molar-refractivity contribution in [1.82, 2.24) is 20.3 Å². The summed E-state index contributed by atoms with van der Waals surface area (Å²) in [6, 6.07) is 42.2. The first-order chi connectivity index (χ1) is 41.6. The van der Waals surface area contributed by atoms with Crippen LogP contribution in [0.25, 0.3) is 0 Å². The second kappa shape index (κ2) is 28.7. The predicted molar refractivity (Wildman–Crippen MR) is 326 cm³/mol. The van der Waals surface area contributed by atoms with Gasteiger partial charge in [0.1, 0.15) is 36.1 Å². The minimum Gasteiger partial charge on any atom is -0.507 e.